The number of hydrogen-bond acceptors (Lipinski definition) is 3. The van der Waals surface area contributed by atoms with Crippen LogP contribution >= 0.6 is 23.2 Å². The van der Waals surface area contributed by atoms with Crippen LogP contribution in [0.4, 0.5) is 0 Å². The summed E-state index contributed by atoms with van der Waals surface area (Å²) in [5, 5.41) is 3.40. The average Bonchev–Trinajstić information content (AvgIpc) is 2.61. The van der Waals surface area contributed by atoms with Crippen molar-refractivity contribution < 1.29 is 9.47 Å². The molecule has 0 amide bonds. The summed E-state index contributed by atoms with van der Waals surface area (Å²) in [7, 11) is 1.66. The van der Waals surface area contributed by atoms with E-state index in [1.54, 1.807) is 19.2 Å². The number of ether oxygens (including phenoxy) is 2. The molecule has 0 fully saturated rings. The number of nitrogens with two attached hydrogens (primary N) is 1. The number of benzene rings is 3. The first-order valence-corrected chi connectivity index (χ1v) is 8.79. The number of hydrogen-bond donors (Lipinski definition) is 1. The first-order valence-electron chi connectivity index (χ1n) is 8.03. The van der Waals surface area contributed by atoms with Crippen molar-refractivity contribution in [3.63, 3.8) is 0 Å². The van der Waals surface area contributed by atoms with E-state index in [9.17, 15) is 0 Å². The molecule has 2 atom stereocenters. The topological polar surface area (TPSA) is 44.5 Å². The van der Waals surface area contributed by atoms with Gasteiger partial charge in [-0.15, -0.1) is 0 Å². The first-order chi connectivity index (χ1) is 12.1. The van der Waals surface area contributed by atoms with Gasteiger partial charge >= 0.3 is 0 Å². The van der Waals surface area contributed by atoms with Crippen molar-refractivity contribution in [1.82, 2.24) is 0 Å². The first kappa shape index (κ1) is 16.5. The van der Waals surface area contributed by atoms with Crippen molar-refractivity contribution in [2.24, 2.45) is 5.73 Å². The molecule has 0 aromatic heterocycles. The molecular formula is C20H17Cl2NO2. The minimum absolute atomic E-state index is 0.206. The van der Waals surface area contributed by atoms with Gasteiger partial charge < -0.3 is 15.2 Å². The molecule has 1 aliphatic rings. The van der Waals surface area contributed by atoms with Crippen LogP contribution in [0.25, 0.3) is 10.8 Å². The summed E-state index contributed by atoms with van der Waals surface area (Å²) in [5.74, 6) is 1.65. The van der Waals surface area contributed by atoms with E-state index < -0.39 is 0 Å². The van der Waals surface area contributed by atoms with Crippen LogP contribution in [-0.2, 0) is 6.42 Å². The van der Waals surface area contributed by atoms with E-state index in [-0.39, 0.29) is 12.1 Å². The summed E-state index contributed by atoms with van der Waals surface area (Å²) in [4.78, 5) is 0. The van der Waals surface area contributed by atoms with E-state index in [2.05, 4.69) is 0 Å². The Balaban J connectivity index is 1.79. The van der Waals surface area contributed by atoms with Gasteiger partial charge in [-0.2, -0.15) is 0 Å². The van der Waals surface area contributed by atoms with Gasteiger partial charge in [-0.1, -0.05) is 41.4 Å². The van der Waals surface area contributed by atoms with Crippen LogP contribution < -0.4 is 15.2 Å². The molecule has 2 unspecified atom stereocenters. The zero-order valence-electron chi connectivity index (χ0n) is 13.6. The molecule has 0 spiro atoms. The summed E-state index contributed by atoms with van der Waals surface area (Å²) < 4.78 is 11.6. The average molecular weight is 374 g/mol. The molecule has 128 valence electrons. The lowest BCUT2D eigenvalue weighted by atomic mass is 9.90. The van der Waals surface area contributed by atoms with E-state index in [0.717, 1.165) is 33.4 Å². The molecule has 3 aromatic carbocycles. The second-order valence-corrected chi connectivity index (χ2v) is 7.05. The summed E-state index contributed by atoms with van der Waals surface area (Å²) in [6.45, 7) is 0. The predicted octanol–water partition coefficient (Wildman–Crippen LogP) is 5.16. The minimum atomic E-state index is -0.305. The quantitative estimate of drug-likeness (QED) is 0.674. The predicted molar refractivity (Wildman–Crippen MR) is 102 cm³/mol. The van der Waals surface area contributed by atoms with Crippen molar-refractivity contribution in [3.05, 3.63) is 69.7 Å². The smallest absolute Gasteiger partial charge is 0.141 e. The van der Waals surface area contributed by atoms with E-state index >= 15 is 0 Å². The van der Waals surface area contributed by atoms with Gasteiger partial charge in [0.2, 0.25) is 0 Å². The Kier molecular flexibility index (Phi) is 4.24. The van der Waals surface area contributed by atoms with Gasteiger partial charge in [0, 0.05) is 21.2 Å². The summed E-state index contributed by atoms with van der Waals surface area (Å²) >= 11 is 12.4. The van der Waals surface area contributed by atoms with Gasteiger partial charge in [-0.05, 0) is 47.5 Å². The monoisotopic (exact) mass is 373 g/mol. The number of halogens is 2. The molecule has 3 aromatic rings. The van der Waals surface area contributed by atoms with E-state index in [0.29, 0.717) is 16.5 Å². The van der Waals surface area contributed by atoms with Crippen LogP contribution in [0, 0.1) is 0 Å². The van der Waals surface area contributed by atoms with Crippen LogP contribution in [0.3, 0.4) is 0 Å². The SMILES string of the molecule is COc1ccc2ccc3c(c2c1)CC(N)C(c1ccc(Cl)cc1Cl)O3. The molecule has 1 heterocycles. The van der Waals surface area contributed by atoms with Gasteiger partial charge in [0.15, 0.2) is 0 Å². The van der Waals surface area contributed by atoms with Crippen LogP contribution in [0.15, 0.2) is 48.5 Å². The number of methoxy groups -OCH3 is 1. The van der Waals surface area contributed by atoms with E-state index in [1.807, 2.05) is 36.4 Å². The zero-order chi connectivity index (χ0) is 17.6. The minimum Gasteiger partial charge on any atom is -0.497 e. The molecule has 5 heteroatoms. The van der Waals surface area contributed by atoms with Crippen molar-refractivity contribution >= 4 is 34.0 Å². The molecule has 2 N–H and O–H groups in total. The molecular weight excluding hydrogens is 357 g/mol. The Bertz CT molecular complexity index is 958. The highest BCUT2D eigenvalue weighted by atomic mass is 35.5. The Morgan fingerprint density at radius 1 is 1.08 bits per heavy atom. The van der Waals surface area contributed by atoms with Gasteiger partial charge in [-0.25, -0.2) is 0 Å². The zero-order valence-corrected chi connectivity index (χ0v) is 15.1. The fourth-order valence-electron chi connectivity index (χ4n) is 3.38. The largest absolute Gasteiger partial charge is 0.497 e. The van der Waals surface area contributed by atoms with Crippen molar-refractivity contribution in [3.8, 4) is 11.5 Å². The Hall–Kier alpha value is -1.94. The van der Waals surface area contributed by atoms with E-state index in [4.69, 9.17) is 38.4 Å². The van der Waals surface area contributed by atoms with Crippen molar-refractivity contribution in [2.45, 2.75) is 18.6 Å². The third-order valence-corrected chi connectivity index (χ3v) is 5.21. The Morgan fingerprint density at radius 2 is 1.88 bits per heavy atom. The number of rotatable bonds is 2. The lowest BCUT2D eigenvalue weighted by Crippen LogP contribution is -2.37. The van der Waals surface area contributed by atoms with Crippen LogP contribution in [0.5, 0.6) is 11.5 Å². The molecule has 0 saturated heterocycles. The van der Waals surface area contributed by atoms with Gasteiger partial charge in [-0.3, -0.25) is 0 Å². The summed E-state index contributed by atoms with van der Waals surface area (Å²) in [6, 6.07) is 15.3. The lowest BCUT2D eigenvalue weighted by Gasteiger charge is -2.33. The molecule has 0 bridgehead atoms. The normalized spacial score (nSPS) is 19.4. The highest BCUT2D eigenvalue weighted by Gasteiger charge is 2.31. The van der Waals surface area contributed by atoms with Gasteiger partial charge in [0.25, 0.3) is 0 Å². The maximum atomic E-state index is 6.45. The fourth-order valence-corrected chi connectivity index (χ4v) is 3.90. The molecule has 1 aliphatic heterocycles. The van der Waals surface area contributed by atoms with Crippen molar-refractivity contribution in [1.29, 1.82) is 0 Å². The van der Waals surface area contributed by atoms with Crippen molar-refractivity contribution in [2.75, 3.05) is 7.11 Å². The molecule has 25 heavy (non-hydrogen) atoms. The summed E-state index contributed by atoms with van der Waals surface area (Å²) in [6.07, 6.45) is 0.393. The third kappa shape index (κ3) is 2.93. The second-order valence-electron chi connectivity index (χ2n) is 6.20. The highest BCUT2D eigenvalue weighted by molar-refractivity contribution is 6.35. The lowest BCUT2D eigenvalue weighted by molar-refractivity contribution is 0.154. The highest BCUT2D eigenvalue weighted by Crippen LogP contribution is 2.41. The standard InChI is InChI=1S/C20H17Cl2NO2/c1-24-13-5-2-11-3-7-19-16(15(11)9-13)10-18(23)20(25-19)14-6-4-12(21)8-17(14)22/h2-9,18,20H,10,23H2,1H3. The van der Waals surface area contributed by atoms with Crippen LogP contribution in [0.1, 0.15) is 17.2 Å². The Labute approximate surface area is 156 Å². The van der Waals surface area contributed by atoms with Gasteiger partial charge in [0.1, 0.15) is 17.6 Å². The molecule has 4 rings (SSSR count). The molecule has 0 radical (unpaired) electrons. The number of fused-ring (bicyclic) bond motifs is 3. The maximum absolute atomic E-state index is 6.45. The molecule has 3 nitrogen and oxygen atoms in total. The maximum Gasteiger partial charge on any atom is 0.141 e. The fraction of sp³-hybridized carbons (Fsp3) is 0.200. The van der Waals surface area contributed by atoms with Gasteiger partial charge in [0.05, 0.1) is 13.2 Å². The van der Waals surface area contributed by atoms with Crippen LogP contribution in [-0.4, -0.2) is 13.2 Å². The molecule has 0 saturated carbocycles. The molecule has 0 aliphatic carbocycles. The second kappa shape index (κ2) is 6.41. The van der Waals surface area contributed by atoms with Crippen LogP contribution in [0.2, 0.25) is 10.0 Å². The third-order valence-electron chi connectivity index (χ3n) is 4.65. The Morgan fingerprint density at radius 3 is 2.64 bits per heavy atom. The summed E-state index contributed by atoms with van der Waals surface area (Å²) in [5.41, 5.74) is 8.41. The van der Waals surface area contributed by atoms with E-state index in [1.165, 1.54) is 0 Å².